The van der Waals surface area contributed by atoms with Gasteiger partial charge in [0.2, 0.25) is 0 Å². The van der Waals surface area contributed by atoms with E-state index < -0.39 is 193 Å². The van der Waals surface area contributed by atoms with Gasteiger partial charge in [-0.1, -0.05) is 72.3 Å². The van der Waals surface area contributed by atoms with Crippen LogP contribution in [0, 0.1) is 50.2 Å². The van der Waals surface area contributed by atoms with Gasteiger partial charge in [-0.2, -0.15) is 0 Å². The van der Waals surface area contributed by atoms with Crippen LogP contribution in [0.2, 0.25) is 0 Å². The van der Waals surface area contributed by atoms with Crippen molar-refractivity contribution in [2.45, 2.75) is 231 Å². The number of hydrogen-bond donors (Lipinski definition) is 12. The molecule has 4 saturated carbocycles. The lowest BCUT2D eigenvalue weighted by atomic mass is 9.32. The van der Waals surface area contributed by atoms with Gasteiger partial charge in [-0.3, -0.25) is 0 Å². The number of allylic oxidation sites excluding steroid dienone is 3. The molecule has 0 spiro atoms. The van der Waals surface area contributed by atoms with Gasteiger partial charge in [0, 0.05) is 22.0 Å². The molecule has 3 aliphatic heterocycles. The Morgan fingerprint density at radius 1 is 0.637 bits per heavy atom. The summed E-state index contributed by atoms with van der Waals surface area (Å²) >= 11 is 0. The van der Waals surface area contributed by atoms with Gasteiger partial charge in [-0.05, 0) is 100 Å². The molecule has 3 heterocycles. The highest BCUT2D eigenvalue weighted by atomic mass is 16.8. The summed E-state index contributed by atoms with van der Waals surface area (Å²) in [6.45, 7) is 18.4. The molecule has 12 N–H and O–H groups in total. The lowest BCUT2D eigenvalue weighted by Gasteiger charge is -2.73. The van der Waals surface area contributed by atoms with E-state index in [0.717, 1.165) is 5.57 Å². The van der Waals surface area contributed by atoms with Crippen LogP contribution in [0.25, 0.3) is 0 Å². The van der Waals surface area contributed by atoms with Gasteiger partial charge >= 0.3 is 17.9 Å². The fourth-order valence-electron chi connectivity index (χ4n) is 16.2. The summed E-state index contributed by atoms with van der Waals surface area (Å²) in [7, 11) is 0. The number of aliphatic carboxylic acids is 1. The van der Waals surface area contributed by atoms with Crippen molar-refractivity contribution in [1.82, 2.24) is 0 Å². The van der Waals surface area contributed by atoms with Crippen LogP contribution >= 0.6 is 0 Å². The zero-order valence-electron chi connectivity index (χ0n) is 47.7. The topological polar surface area (TPSA) is 368 Å². The molecule has 7 fully saturated rings. The van der Waals surface area contributed by atoms with Gasteiger partial charge in [0.25, 0.3) is 0 Å². The SMILES string of the molecule is CC=C(C)C(=O)OC1C(OC(=O)C(C)=CC)C2(CO)C(CC1(C)C)C1=CCC3C4(C)CCC(OC5OC(C(=O)O)C(O)C(OC6OC(CO)C(O)C6O)C5OC5OC(CO)C(O)C(O)C5O)C(C)(C)C4CCC3(C)C1(C)C(O)C2O. The van der Waals surface area contributed by atoms with Crippen LogP contribution < -0.4 is 0 Å². The van der Waals surface area contributed by atoms with E-state index >= 15 is 0 Å². The minimum Gasteiger partial charge on any atom is -0.479 e. The summed E-state index contributed by atoms with van der Waals surface area (Å²) in [5.74, 6) is -4.01. The molecule has 0 amide bonds. The highest BCUT2D eigenvalue weighted by molar-refractivity contribution is 5.89. The van der Waals surface area contributed by atoms with Crippen molar-refractivity contribution in [3.8, 4) is 0 Å². The highest BCUT2D eigenvalue weighted by Gasteiger charge is 2.76. The molecule has 26 atom stereocenters. The number of aliphatic hydroxyl groups is 11. The summed E-state index contributed by atoms with van der Waals surface area (Å²) in [6.07, 6.45) is -24.0. The molecule has 0 bridgehead atoms. The first kappa shape index (κ1) is 63.0. The van der Waals surface area contributed by atoms with E-state index in [0.29, 0.717) is 37.7 Å². The zero-order valence-corrected chi connectivity index (χ0v) is 47.7. The van der Waals surface area contributed by atoms with Gasteiger partial charge in [-0.25, -0.2) is 14.4 Å². The summed E-state index contributed by atoms with van der Waals surface area (Å²) in [5.41, 5.74) is -4.40. The van der Waals surface area contributed by atoms with Crippen LogP contribution in [-0.2, 0) is 52.3 Å². The molecule has 23 heteroatoms. The Hall–Kier alpha value is -3.05. The summed E-state index contributed by atoms with van der Waals surface area (Å²) < 4.78 is 49.0. The maximum atomic E-state index is 13.9. The first-order chi connectivity index (χ1) is 37.3. The third kappa shape index (κ3) is 9.76. The number of rotatable bonds is 14. The van der Waals surface area contributed by atoms with Crippen LogP contribution in [0.4, 0.5) is 0 Å². The second-order valence-corrected chi connectivity index (χ2v) is 26.0. The third-order valence-corrected chi connectivity index (χ3v) is 21.4. The number of aliphatic hydroxyl groups excluding tert-OH is 11. The van der Waals surface area contributed by atoms with E-state index in [1.54, 1.807) is 39.8 Å². The number of carboxylic acids is 1. The molecule has 8 aliphatic rings. The lowest BCUT2D eigenvalue weighted by molar-refractivity contribution is -0.386. The Kier molecular flexibility index (Phi) is 17.9. The minimum atomic E-state index is -2.13. The fourth-order valence-corrected chi connectivity index (χ4v) is 16.2. The molecule has 3 saturated heterocycles. The van der Waals surface area contributed by atoms with E-state index in [-0.39, 0.29) is 23.8 Å². The summed E-state index contributed by atoms with van der Waals surface area (Å²) in [4.78, 5) is 40.3. The predicted molar refractivity (Wildman–Crippen MR) is 277 cm³/mol. The Balaban J connectivity index is 1.14. The Morgan fingerprint density at radius 2 is 1.18 bits per heavy atom. The van der Waals surface area contributed by atoms with Crippen LogP contribution in [0.1, 0.15) is 115 Å². The van der Waals surface area contributed by atoms with Crippen molar-refractivity contribution >= 4 is 17.9 Å². The molecule has 0 aromatic heterocycles. The van der Waals surface area contributed by atoms with Crippen molar-refractivity contribution in [2.24, 2.45) is 50.2 Å². The standard InChI is InChI=1S/C57H88O23/c1-12-24(3)47(71)79-44-45(80-48(72)25(4)13-2)57(23-60)27(20-52(44,5)6)26-14-15-31-54(9)18-17-32(53(7,8)30(54)16-19-55(31,10)56(26,11)42(67)43(57)68)75-51-41(78-50-37(65)35(63)33(61)28(21-58)73-50)39(38(66)40(77-51)46(69)70)76-49-36(64)34(62)29(22-59)74-49/h12-14,27-45,49-51,58-68H,15-23H2,1-11H3,(H,69,70). The maximum Gasteiger partial charge on any atom is 0.335 e. The molecule has 0 aromatic carbocycles. The largest absolute Gasteiger partial charge is 0.479 e. The monoisotopic (exact) mass is 1140 g/mol. The first-order valence-corrected chi connectivity index (χ1v) is 28.1. The molecule has 0 radical (unpaired) electrons. The molecular weight excluding hydrogens is 1050 g/mol. The molecular formula is C57H88O23. The van der Waals surface area contributed by atoms with E-state index in [9.17, 15) is 75.7 Å². The predicted octanol–water partition coefficient (Wildman–Crippen LogP) is 0.263. The van der Waals surface area contributed by atoms with Crippen molar-refractivity contribution in [3.05, 3.63) is 34.9 Å². The minimum absolute atomic E-state index is 0.153. The zero-order chi connectivity index (χ0) is 59.3. The van der Waals surface area contributed by atoms with Crippen molar-refractivity contribution in [2.75, 3.05) is 19.8 Å². The average molecular weight is 1140 g/mol. The van der Waals surface area contributed by atoms with Crippen LogP contribution in [-0.4, -0.2) is 216 Å². The van der Waals surface area contributed by atoms with Crippen LogP contribution in [0.5, 0.6) is 0 Å². The lowest BCUT2D eigenvalue weighted by Crippen LogP contribution is -2.76. The maximum absolute atomic E-state index is 13.9. The molecule has 454 valence electrons. The van der Waals surface area contributed by atoms with Gasteiger partial charge in [0.1, 0.15) is 67.1 Å². The summed E-state index contributed by atoms with van der Waals surface area (Å²) in [6, 6.07) is 0. The number of esters is 2. The number of carbonyl (C=O) groups is 3. The fraction of sp³-hybridized carbons (Fsp3) is 0.842. The van der Waals surface area contributed by atoms with Crippen LogP contribution in [0.15, 0.2) is 34.9 Å². The molecule has 5 aliphatic carbocycles. The molecule has 23 nitrogen and oxygen atoms in total. The van der Waals surface area contributed by atoms with E-state index in [1.165, 1.54) is 0 Å². The van der Waals surface area contributed by atoms with Crippen LogP contribution in [0.3, 0.4) is 0 Å². The number of carbonyl (C=O) groups excluding carboxylic acids is 2. The number of fused-ring (bicyclic) bond motifs is 7. The van der Waals surface area contributed by atoms with Gasteiger partial charge in [-0.15, -0.1) is 0 Å². The molecule has 26 unspecified atom stereocenters. The molecule has 80 heavy (non-hydrogen) atoms. The normalized spacial score (nSPS) is 49.0. The van der Waals surface area contributed by atoms with Crippen molar-refractivity contribution < 1.29 is 114 Å². The molecule has 8 rings (SSSR count). The van der Waals surface area contributed by atoms with Gasteiger partial charge < -0.3 is 99.2 Å². The summed E-state index contributed by atoms with van der Waals surface area (Å²) in [5, 5.41) is 134. The quantitative estimate of drug-likeness (QED) is 0.0480. The van der Waals surface area contributed by atoms with E-state index in [4.69, 9.17) is 37.9 Å². The van der Waals surface area contributed by atoms with Gasteiger partial charge in [0.05, 0.1) is 43.5 Å². The Morgan fingerprint density at radius 3 is 1.71 bits per heavy atom. The average Bonchev–Trinajstić information content (AvgIpc) is 3.72. The number of hydrogen-bond acceptors (Lipinski definition) is 22. The third-order valence-electron chi connectivity index (χ3n) is 21.4. The second-order valence-electron chi connectivity index (χ2n) is 26.0. The number of carboxylic acid groups (broad SMARTS) is 1. The van der Waals surface area contributed by atoms with Crippen molar-refractivity contribution in [3.63, 3.8) is 0 Å². The second kappa shape index (κ2) is 22.7. The smallest absolute Gasteiger partial charge is 0.335 e. The first-order valence-electron chi connectivity index (χ1n) is 28.1. The van der Waals surface area contributed by atoms with E-state index in [2.05, 4.69) is 19.9 Å². The highest BCUT2D eigenvalue weighted by Crippen LogP contribution is 2.76. The Bertz CT molecular complexity index is 2390. The molecule has 0 aromatic rings. The number of ether oxygens (including phenoxy) is 8. The Labute approximate surface area is 466 Å². The van der Waals surface area contributed by atoms with Gasteiger partial charge in [0.15, 0.2) is 31.1 Å². The van der Waals surface area contributed by atoms with Crippen molar-refractivity contribution in [1.29, 1.82) is 0 Å². The van der Waals surface area contributed by atoms with E-state index in [1.807, 2.05) is 34.6 Å².